The minimum absolute atomic E-state index is 0.191. The topological polar surface area (TPSA) is 84.3 Å². The molecule has 29 heavy (non-hydrogen) atoms. The molecular weight excluding hydrogens is 424 g/mol. The molecule has 0 amide bonds. The Balaban J connectivity index is 1.33. The molecule has 6 nitrogen and oxygen atoms in total. The molecule has 1 fully saturated rings. The third-order valence-electron chi connectivity index (χ3n) is 4.90. The molecule has 1 aromatic heterocycles. The van der Waals surface area contributed by atoms with Gasteiger partial charge in [0.2, 0.25) is 5.95 Å². The second-order valence-corrected chi connectivity index (χ2v) is 8.87. The van der Waals surface area contributed by atoms with Gasteiger partial charge in [0.25, 0.3) is 0 Å². The third kappa shape index (κ3) is 4.66. The summed E-state index contributed by atoms with van der Waals surface area (Å²) in [6.45, 7) is 3.69. The quantitative estimate of drug-likeness (QED) is 0.590. The van der Waals surface area contributed by atoms with Crippen LogP contribution in [0, 0.1) is 0 Å². The number of hydrogen-bond acceptors (Lipinski definition) is 7. The summed E-state index contributed by atoms with van der Waals surface area (Å²) in [5.74, 6) is 1.37. The highest BCUT2D eigenvalue weighted by atomic mass is 35.5. The molecule has 2 aromatic carbocycles. The van der Waals surface area contributed by atoms with Gasteiger partial charge in [-0.05, 0) is 42.0 Å². The van der Waals surface area contributed by atoms with Crippen LogP contribution in [0.25, 0.3) is 10.9 Å². The Morgan fingerprint density at radius 3 is 2.48 bits per heavy atom. The second kappa shape index (κ2) is 8.61. The summed E-state index contributed by atoms with van der Waals surface area (Å²) in [6, 6.07) is 14.0. The van der Waals surface area contributed by atoms with Gasteiger partial charge in [0, 0.05) is 48.0 Å². The van der Waals surface area contributed by atoms with Crippen molar-refractivity contribution in [3.8, 4) is 0 Å². The van der Waals surface area contributed by atoms with Gasteiger partial charge in [0.05, 0.1) is 5.52 Å². The van der Waals surface area contributed by atoms with Gasteiger partial charge in [0.1, 0.15) is 10.1 Å². The Labute approximate surface area is 184 Å². The van der Waals surface area contributed by atoms with Crippen LogP contribution >= 0.6 is 35.6 Å². The van der Waals surface area contributed by atoms with Crippen molar-refractivity contribution in [3.63, 3.8) is 0 Å². The summed E-state index contributed by atoms with van der Waals surface area (Å²) >= 11 is 13.3. The van der Waals surface area contributed by atoms with Gasteiger partial charge in [-0.25, -0.2) is 4.98 Å². The Hall–Kier alpha value is -2.29. The van der Waals surface area contributed by atoms with Crippen molar-refractivity contribution in [1.82, 2.24) is 14.9 Å². The van der Waals surface area contributed by atoms with E-state index in [0.29, 0.717) is 5.82 Å². The van der Waals surface area contributed by atoms with E-state index in [1.165, 1.54) is 5.69 Å². The number of rotatable bonds is 3. The number of nitrogens with zero attached hydrogens (tertiary/aromatic N) is 4. The van der Waals surface area contributed by atoms with Crippen LogP contribution in [0.4, 0.5) is 17.5 Å². The van der Waals surface area contributed by atoms with E-state index < -0.39 is 0 Å². The van der Waals surface area contributed by atoms with Crippen molar-refractivity contribution < 1.29 is 0 Å². The van der Waals surface area contributed by atoms with E-state index in [1.807, 2.05) is 30.3 Å². The third-order valence-corrected chi connectivity index (χ3v) is 6.75. The number of halogens is 1. The largest absolute Gasteiger partial charge is 0.383 e. The van der Waals surface area contributed by atoms with Gasteiger partial charge in [-0.2, -0.15) is 4.98 Å². The lowest BCUT2D eigenvalue weighted by atomic mass is 10.1. The van der Waals surface area contributed by atoms with Crippen molar-refractivity contribution in [2.24, 2.45) is 0 Å². The first kappa shape index (κ1) is 20.0. The number of piperazine rings is 1. The molecule has 3 aromatic rings. The molecule has 0 saturated carbocycles. The van der Waals surface area contributed by atoms with Crippen LogP contribution in [0.15, 0.2) is 42.5 Å². The Bertz CT molecular complexity index is 1040. The van der Waals surface area contributed by atoms with Gasteiger partial charge in [-0.3, -0.25) is 0 Å². The first-order valence-electron chi connectivity index (χ1n) is 9.23. The lowest BCUT2D eigenvalue weighted by Crippen LogP contribution is -2.47. The zero-order valence-corrected chi connectivity index (χ0v) is 18.1. The summed E-state index contributed by atoms with van der Waals surface area (Å²) in [5, 5.41) is 1.58. The first-order valence-corrected chi connectivity index (χ1v) is 11.0. The van der Waals surface area contributed by atoms with E-state index in [9.17, 15) is 0 Å². The first-order chi connectivity index (χ1) is 14.0. The molecule has 0 atom stereocenters. The van der Waals surface area contributed by atoms with E-state index in [4.69, 9.17) is 35.3 Å². The van der Waals surface area contributed by atoms with E-state index >= 15 is 0 Å². The van der Waals surface area contributed by atoms with Crippen molar-refractivity contribution in [2.45, 2.75) is 5.75 Å². The molecule has 4 N–H and O–H groups in total. The van der Waals surface area contributed by atoms with Crippen molar-refractivity contribution in [2.75, 3.05) is 42.5 Å². The summed E-state index contributed by atoms with van der Waals surface area (Å²) in [7, 11) is 0. The molecule has 2 heterocycles. The van der Waals surface area contributed by atoms with Gasteiger partial charge in [-0.15, -0.1) is 0 Å². The summed E-state index contributed by atoms with van der Waals surface area (Å²) in [4.78, 5) is 12.9. The SMILES string of the molecule is Nc1nc(N)c2cc(CSC(=S)N3CCN(c4ccc(Cl)cc4)CC3)ccc2n1. The number of thioether (sulfide) groups is 1. The predicted molar refractivity (Wildman–Crippen MR) is 127 cm³/mol. The van der Waals surface area contributed by atoms with Crippen LogP contribution in [0.1, 0.15) is 5.56 Å². The fraction of sp³-hybridized carbons (Fsp3) is 0.250. The zero-order valence-electron chi connectivity index (χ0n) is 15.7. The maximum atomic E-state index is 5.98. The summed E-state index contributed by atoms with van der Waals surface area (Å²) < 4.78 is 0.919. The Morgan fingerprint density at radius 2 is 1.76 bits per heavy atom. The van der Waals surface area contributed by atoms with Crippen LogP contribution in [0.5, 0.6) is 0 Å². The number of anilines is 3. The van der Waals surface area contributed by atoms with E-state index in [0.717, 1.165) is 57.7 Å². The molecule has 1 aliphatic rings. The maximum Gasteiger partial charge on any atom is 0.222 e. The van der Waals surface area contributed by atoms with E-state index in [2.05, 4.69) is 31.9 Å². The summed E-state index contributed by atoms with van der Waals surface area (Å²) in [6.07, 6.45) is 0. The standard InChI is InChI=1S/C20H21ClN6S2/c21-14-2-4-15(5-3-14)26-7-9-27(10-8-26)20(28)29-12-13-1-6-17-16(11-13)18(22)25-19(23)24-17/h1-6,11H,7-10,12H2,(H4,22,23,24,25). The molecule has 9 heteroatoms. The Morgan fingerprint density at radius 1 is 1.03 bits per heavy atom. The molecule has 0 radical (unpaired) electrons. The average molecular weight is 445 g/mol. The molecule has 4 rings (SSSR count). The van der Waals surface area contributed by atoms with Gasteiger partial charge >= 0.3 is 0 Å². The lowest BCUT2D eigenvalue weighted by Gasteiger charge is -2.37. The average Bonchev–Trinajstić information content (AvgIpc) is 2.73. The van der Waals surface area contributed by atoms with E-state index in [1.54, 1.807) is 11.8 Å². The maximum absolute atomic E-state index is 5.98. The van der Waals surface area contributed by atoms with E-state index in [-0.39, 0.29) is 5.95 Å². The number of thiocarbonyl (C=S) groups is 1. The lowest BCUT2D eigenvalue weighted by molar-refractivity contribution is 0.397. The van der Waals surface area contributed by atoms with Crippen LogP contribution < -0.4 is 16.4 Å². The van der Waals surface area contributed by atoms with Crippen LogP contribution in [-0.4, -0.2) is 45.4 Å². The normalized spacial score (nSPS) is 14.4. The van der Waals surface area contributed by atoms with Crippen LogP contribution in [0.3, 0.4) is 0 Å². The number of aromatic nitrogens is 2. The second-order valence-electron chi connectivity index (χ2n) is 6.82. The van der Waals surface area contributed by atoms with Gasteiger partial charge < -0.3 is 21.3 Å². The molecule has 0 spiro atoms. The number of hydrogen-bond donors (Lipinski definition) is 2. The van der Waals surface area contributed by atoms with Crippen LogP contribution in [-0.2, 0) is 5.75 Å². The minimum atomic E-state index is 0.191. The van der Waals surface area contributed by atoms with Crippen LogP contribution in [0.2, 0.25) is 5.02 Å². The summed E-state index contributed by atoms with van der Waals surface area (Å²) in [5.41, 5.74) is 14.7. The van der Waals surface area contributed by atoms with Gasteiger partial charge in [0.15, 0.2) is 0 Å². The molecule has 0 bridgehead atoms. The van der Waals surface area contributed by atoms with Crippen molar-refractivity contribution >= 4 is 68.3 Å². The molecular formula is C20H21ClN6S2. The Kier molecular flexibility index (Phi) is 5.94. The van der Waals surface area contributed by atoms with Crippen molar-refractivity contribution in [1.29, 1.82) is 0 Å². The van der Waals surface area contributed by atoms with Crippen molar-refractivity contribution in [3.05, 3.63) is 53.1 Å². The predicted octanol–water partition coefficient (Wildman–Crippen LogP) is 3.79. The number of nitrogens with two attached hydrogens (primary N) is 2. The van der Waals surface area contributed by atoms with Gasteiger partial charge in [-0.1, -0.05) is 41.6 Å². The fourth-order valence-electron chi connectivity index (χ4n) is 3.34. The molecule has 0 aliphatic carbocycles. The zero-order chi connectivity index (χ0) is 20.4. The highest BCUT2D eigenvalue weighted by Gasteiger charge is 2.19. The molecule has 1 saturated heterocycles. The number of fused-ring (bicyclic) bond motifs is 1. The molecule has 1 aliphatic heterocycles. The smallest absolute Gasteiger partial charge is 0.222 e. The number of benzene rings is 2. The number of nitrogen functional groups attached to an aromatic ring is 2. The highest BCUT2D eigenvalue weighted by molar-refractivity contribution is 8.22. The molecule has 0 unspecified atom stereocenters. The fourth-order valence-corrected chi connectivity index (χ4v) is 4.66. The highest BCUT2D eigenvalue weighted by Crippen LogP contribution is 2.25. The molecule has 150 valence electrons. The monoisotopic (exact) mass is 444 g/mol. The minimum Gasteiger partial charge on any atom is -0.383 e.